The third-order valence-electron chi connectivity index (χ3n) is 14.8. The fourth-order valence-electron chi connectivity index (χ4n) is 12.8. The van der Waals surface area contributed by atoms with E-state index in [0.717, 1.165) is 35.8 Å². The summed E-state index contributed by atoms with van der Waals surface area (Å²) in [5.41, 5.74) is 11.9. The molecular formula is C48H51NO. The van der Waals surface area contributed by atoms with Crippen LogP contribution in [0, 0.1) is 23.7 Å². The van der Waals surface area contributed by atoms with Crippen molar-refractivity contribution in [3.05, 3.63) is 130 Å². The molecule has 0 radical (unpaired) electrons. The highest BCUT2D eigenvalue weighted by atomic mass is 16.5. The standard InChI is InChI=1S/C48H51NO/c1-30-43-40(25-26-48(30,34-15-5-4-6-16-34)35-19-21-36(49-2)22-20-35)46-45(38-24-23-37(50-3)27-41(38)43)39-17-7-8-18-42(39)47(46)28-32-13-9-11-31-12-10-14-33(29-47)44(31)32/h4-8,15-21,23-27,30-33,36,44,49H,9-14,22,28-29H2,1-3H3. The molecule has 2 heteroatoms. The van der Waals surface area contributed by atoms with Gasteiger partial charge in [-0.1, -0.05) is 136 Å². The van der Waals surface area contributed by atoms with Crippen molar-refractivity contribution in [2.75, 3.05) is 14.2 Å². The second kappa shape index (κ2) is 11.6. The van der Waals surface area contributed by atoms with Crippen molar-refractivity contribution in [1.82, 2.24) is 5.32 Å². The van der Waals surface area contributed by atoms with Crippen molar-refractivity contribution in [3.8, 4) is 16.9 Å². The van der Waals surface area contributed by atoms with Crippen LogP contribution in [0.15, 0.2) is 103 Å². The summed E-state index contributed by atoms with van der Waals surface area (Å²) < 4.78 is 5.98. The topological polar surface area (TPSA) is 21.3 Å². The highest BCUT2D eigenvalue weighted by Crippen LogP contribution is 2.67. The Morgan fingerprint density at radius 1 is 0.800 bits per heavy atom. The number of nitrogens with one attached hydrogen (secondary N) is 1. The van der Waals surface area contributed by atoms with Gasteiger partial charge < -0.3 is 10.1 Å². The van der Waals surface area contributed by atoms with Crippen molar-refractivity contribution >= 4 is 16.8 Å². The molecule has 6 aliphatic rings. The zero-order chi connectivity index (χ0) is 33.6. The number of fused-ring (bicyclic) bond motifs is 10. The molecule has 0 aliphatic heterocycles. The number of benzene rings is 4. The molecule has 0 amide bonds. The van der Waals surface area contributed by atoms with E-state index >= 15 is 0 Å². The molecule has 5 unspecified atom stereocenters. The van der Waals surface area contributed by atoms with Crippen LogP contribution < -0.4 is 10.1 Å². The average molecular weight is 658 g/mol. The summed E-state index contributed by atoms with van der Waals surface area (Å²) in [6, 6.07) is 28.3. The lowest BCUT2D eigenvalue weighted by Crippen LogP contribution is -2.48. The van der Waals surface area contributed by atoms with Crippen LogP contribution in [0.1, 0.15) is 98.4 Å². The van der Waals surface area contributed by atoms with E-state index < -0.39 is 0 Å². The van der Waals surface area contributed by atoms with Crippen LogP contribution in [-0.2, 0) is 10.8 Å². The van der Waals surface area contributed by atoms with Crippen LogP contribution in [0.3, 0.4) is 0 Å². The lowest BCUT2D eigenvalue weighted by Gasteiger charge is -2.56. The SMILES string of the molecule is CNC1C=CC(C2(c3ccccc3)C=Cc3c4c(c5ccc(OC)cc5c3C2C)-c2ccccc2C42CC3CCCC4CCCC(C2)C43)=CC1. The molecule has 4 aromatic rings. The Labute approximate surface area is 298 Å². The van der Waals surface area contributed by atoms with Crippen LogP contribution in [-0.4, -0.2) is 20.2 Å². The zero-order valence-electron chi connectivity index (χ0n) is 30.1. The summed E-state index contributed by atoms with van der Waals surface area (Å²) in [5.74, 6) is 4.73. The van der Waals surface area contributed by atoms with Crippen molar-refractivity contribution in [1.29, 1.82) is 0 Å². The second-order valence-corrected chi connectivity index (χ2v) is 16.7. The van der Waals surface area contributed by atoms with Gasteiger partial charge >= 0.3 is 0 Å². The molecule has 0 aromatic heterocycles. The maximum Gasteiger partial charge on any atom is 0.119 e. The van der Waals surface area contributed by atoms with Crippen molar-refractivity contribution < 1.29 is 4.74 Å². The Morgan fingerprint density at radius 3 is 2.26 bits per heavy atom. The molecule has 254 valence electrons. The van der Waals surface area contributed by atoms with E-state index in [4.69, 9.17) is 4.74 Å². The minimum Gasteiger partial charge on any atom is -0.497 e. The van der Waals surface area contributed by atoms with Crippen LogP contribution in [0.2, 0.25) is 0 Å². The van der Waals surface area contributed by atoms with Crippen LogP contribution in [0.5, 0.6) is 5.75 Å². The molecule has 1 spiro atoms. The first kappa shape index (κ1) is 30.9. The first-order valence-corrected chi connectivity index (χ1v) is 19.7. The monoisotopic (exact) mass is 657 g/mol. The number of likely N-dealkylation sites (N-methyl/N-ethyl adjacent to an activating group) is 1. The van der Waals surface area contributed by atoms with E-state index in [-0.39, 0.29) is 16.7 Å². The van der Waals surface area contributed by atoms with E-state index in [1.807, 2.05) is 7.11 Å². The second-order valence-electron chi connectivity index (χ2n) is 16.7. The van der Waals surface area contributed by atoms with Crippen LogP contribution in [0.4, 0.5) is 0 Å². The van der Waals surface area contributed by atoms with Gasteiger partial charge in [0.05, 0.1) is 7.11 Å². The number of ether oxygens (including phenoxy) is 1. The Hall–Kier alpha value is -3.88. The average Bonchev–Trinajstić information content (AvgIpc) is 3.44. The lowest BCUT2D eigenvalue weighted by atomic mass is 9.48. The van der Waals surface area contributed by atoms with Crippen molar-refractivity contribution in [2.45, 2.75) is 87.5 Å². The Bertz CT molecular complexity index is 2060. The number of rotatable bonds is 4. The van der Waals surface area contributed by atoms with Gasteiger partial charge in [-0.2, -0.15) is 0 Å². The number of allylic oxidation sites excluding steroid dienone is 3. The highest BCUT2D eigenvalue weighted by Gasteiger charge is 2.56. The first-order valence-electron chi connectivity index (χ1n) is 19.7. The van der Waals surface area contributed by atoms with Gasteiger partial charge in [0, 0.05) is 16.9 Å². The third kappa shape index (κ3) is 4.18. The van der Waals surface area contributed by atoms with E-state index in [1.165, 1.54) is 95.5 Å². The highest BCUT2D eigenvalue weighted by molar-refractivity contribution is 6.08. The molecule has 50 heavy (non-hydrogen) atoms. The predicted molar refractivity (Wildman–Crippen MR) is 208 cm³/mol. The summed E-state index contributed by atoms with van der Waals surface area (Å²) in [7, 11) is 3.89. The van der Waals surface area contributed by atoms with E-state index in [0.29, 0.717) is 6.04 Å². The van der Waals surface area contributed by atoms with Gasteiger partial charge in [-0.15, -0.1) is 0 Å². The van der Waals surface area contributed by atoms with Gasteiger partial charge in [0.1, 0.15) is 5.75 Å². The van der Waals surface area contributed by atoms with Gasteiger partial charge in [-0.05, 0) is 123 Å². The molecule has 2 nitrogen and oxygen atoms in total. The van der Waals surface area contributed by atoms with Gasteiger partial charge in [0.2, 0.25) is 0 Å². The summed E-state index contributed by atoms with van der Waals surface area (Å²) in [6.07, 6.45) is 24.8. The Balaban J connectivity index is 1.27. The summed E-state index contributed by atoms with van der Waals surface area (Å²) >= 11 is 0. The van der Waals surface area contributed by atoms with E-state index in [1.54, 1.807) is 11.1 Å². The van der Waals surface area contributed by atoms with Gasteiger partial charge in [0.15, 0.2) is 0 Å². The molecule has 4 aromatic carbocycles. The van der Waals surface area contributed by atoms with Gasteiger partial charge in [-0.25, -0.2) is 0 Å². The summed E-state index contributed by atoms with van der Waals surface area (Å²) in [6.45, 7) is 2.53. The van der Waals surface area contributed by atoms with Crippen molar-refractivity contribution in [3.63, 3.8) is 0 Å². The first-order chi connectivity index (χ1) is 24.6. The zero-order valence-corrected chi connectivity index (χ0v) is 30.1. The predicted octanol–water partition coefficient (Wildman–Crippen LogP) is 11.3. The Morgan fingerprint density at radius 2 is 1.54 bits per heavy atom. The van der Waals surface area contributed by atoms with Crippen LogP contribution >= 0.6 is 0 Å². The molecule has 5 atom stereocenters. The normalized spacial score (nSPS) is 33.4. The van der Waals surface area contributed by atoms with Gasteiger partial charge in [-0.3, -0.25) is 0 Å². The maximum atomic E-state index is 5.98. The number of methoxy groups -OCH3 is 1. The van der Waals surface area contributed by atoms with Crippen LogP contribution in [0.25, 0.3) is 28.0 Å². The van der Waals surface area contributed by atoms with Crippen molar-refractivity contribution in [2.24, 2.45) is 23.7 Å². The summed E-state index contributed by atoms with van der Waals surface area (Å²) in [4.78, 5) is 0. The van der Waals surface area contributed by atoms with E-state index in [9.17, 15) is 0 Å². The number of hydrogen-bond acceptors (Lipinski definition) is 2. The Kier molecular flexibility index (Phi) is 7.15. The maximum absolute atomic E-state index is 5.98. The molecular weight excluding hydrogens is 607 g/mol. The molecule has 1 N–H and O–H groups in total. The fourth-order valence-corrected chi connectivity index (χ4v) is 12.8. The fraction of sp³-hybridized carbons (Fsp3) is 0.417. The quantitative estimate of drug-likeness (QED) is 0.236. The molecule has 3 fully saturated rings. The molecule has 0 heterocycles. The molecule has 0 saturated heterocycles. The van der Waals surface area contributed by atoms with E-state index in [2.05, 4.69) is 122 Å². The molecule has 10 rings (SSSR count). The lowest BCUT2D eigenvalue weighted by molar-refractivity contribution is -0.0125. The largest absolute Gasteiger partial charge is 0.497 e. The molecule has 6 aliphatic carbocycles. The molecule has 0 bridgehead atoms. The van der Waals surface area contributed by atoms with Gasteiger partial charge in [0.25, 0.3) is 0 Å². The number of hydrogen-bond donors (Lipinski definition) is 1. The minimum atomic E-state index is -0.274. The smallest absolute Gasteiger partial charge is 0.119 e. The third-order valence-corrected chi connectivity index (χ3v) is 14.8. The summed E-state index contributed by atoms with van der Waals surface area (Å²) in [5, 5.41) is 6.25. The minimum absolute atomic E-state index is 0.0655. The molecule has 3 saturated carbocycles.